The monoisotopic (exact) mass is 568 g/mol. The van der Waals surface area contributed by atoms with E-state index in [1.165, 1.54) is 17.2 Å². The Morgan fingerprint density at radius 2 is 2.02 bits per heavy atom. The molecular weight excluding hydrogens is 531 g/mol. The fourth-order valence-electron chi connectivity index (χ4n) is 6.85. The van der Waals surface area contributed by atoms with E-state index in [9.17, 15) is 10.1 Å². The fourth-order valence-corrected chi connectivity index (χ4v) is 6.85. The van der Waals surface area contributed by atoms with Gasteiger partial charge in [-0.05, 0) is 74.0 Å². The molecule has 2 fully saturated rings. The summed E-state index contributed by atoms with van der Waals surface area (Å²) in [6.07, 6.45) is 5.52. The molecule has 0 bridgehead atoms. The molecule has 1 unspecified atom stereocenters. The van der Waals surface area contributed by atoms with Crippen molar-refractivity contribution in [1.82, 2.24) is 19.8 Å². The summed E-state index contributed by atoms with van der Waals surface area (Å²) in [6, 6.07) is 12.1. The first-order valence-electron chi connectivity index (χ1n) is 14.9. The topological polar surface area (TPSA) is 85.6 Å². The number of likely N-dealkylation sites (N-methyl/N-ethyl adjacent to an activating group) is 1. The van der Waals surface area contributed by atoms with Gasteiger partial charge < -0.3 is 19.4 Å². The number of hydrogen-bond donors (Lipinski definition) is 0. The first kappa shape index (κ1) is 28.1. The number of piperazine rings is 1. The Balaban J connectivity index is 1.42. The summed E-state index contributed by atoms with van der Waals surface area (Å²) in [6.45, 7) is 8.55. The van der Waals surface area contributed by atoms with Crippen molar-refractivity contribution in [1.29, 1.82) is 5.26 Å². The number of halogens is 1. The number of anilines is 1. The minimum absolute atomic E-state index is 0.141. The molecule has 1 amide bonds. The lowest BCUT2D eigenvalue weighted by molar-refractivity contribution is -0.128. The molecule has 3 aliphatic rings. The number of aromatic nitrogens is 2. The molecule has 6 rings (SSSR count). The van der Waals surface area contributed by atoms with E-state index in [2.05, 4.69) is 42.6 Å². The molecule has 8 nitrogen and oxygen atoms in total. The molecule has 3 atom stereocenters. The van der Waals surface area contributed by atoms with Crippen LogP contribution in [0.5, 0.6) is 6.01 Å². The molecule has 0 spiro atoms. The normalized spacial score (nSPS) is 22.3. The molecule has 9 heteroatoms. The van der Waals surface area contributed by atoms with Gasteiger partial charge in [0.15, 0.2) is 5.82 Å². The van der Waals surface area contributed by atoms with Crippen molar-refractivity contribution >= 4 is 22.6 Å². The highest BCUT2D eigenvalue weighted by Crippen LogP contribution is 2.39. The second-order valence-corrected chi connectivity index (χ2v) is 11.9. The van der Waals surface area contributed by atoms with Gasteiger partial charge in [-0.3, -0.25) is 4.79 Å². The molecule has 2 aliphatic heterocycles. The molecular formula is C33H37FN6O2. The van der Waals surface area contributed by atoms with E-state index in [1.807, 2.05) is 29.2 Å². The number of carbonyl (C=O) groups is 1. The Bertz CT molecular complexity index is 1570. The maximum atomic E-state index is 16.6. The number of hydrogen-bond acceptors (Lipinski definition) is 7. The van der Waals surface area contributed by atoms with Crippen LogP contribution in [0.1, 0.15) is 37.3 Å². The van der Waals surface area contributed by atoms with Crippen LogP contribution in [0.2, 0.25) is 0 Å². The van der Waals surface area contributed by atoms with E-state index in [4.69, 9.17) is 9.72 Å². The van der Waals surface area contributed by atoms with E-state index in [1.54, 1.807) is 4.90 Å². The number of amides is 1. The quantitative estimate of drug-likeness (QED) is 0.380. The van der Waals surface area contributed by atoms with Gasteiger partial charge in [0.05, 0.1) is 18.5 Å². The van der Waals surface area contributed by atoms with E-state index < -0.39 is 0 Å². The highest BCUT2D eigenvalue weighted by atomic mass is 19.1. The van der Waals surface area contributed by atoms with Crippen LogP contribution in [-0.2, 0) is 17.6 Å². The highest BCUT2D eigenvalue weighted by molar-refractivity contribution is 5.94. The minimum atomic E-state index is -0.388. The lowest BCUT2D eigenvalue weighted by atomic mass is 9.95. The number of nitrogens with zero attached hydrogens (tertiary/aromatic N) is 6. The fraction of sp³-hybridized carbons (Fsp3) is 0.455. The molecule has 1 aliphatic carbocycles. The molecule has 3 heterocycles. The molecule has 0 radical (unpaired) electrons. The van der Waals surface area contributed by atoms with Crippen molar-refractivity contribution in [3.05, 3.63) is 59.9 Å². The van der Waals surface area contributed by atoms with Gasteiger partial charge in [0.25, 0.3) is 0 Å². The third kappa shape index (κ3) is 5.20. The number of rotatable bonds is 7. The summed E-state index contributed by atoms with van der Waals surface area (Å²) in [4.78, 5) is 27.9. The highest BCUT2D eigenvalue weighted by Gasteiger charge is 2.32. The summed E-state index contributed by atoms with van der Waals surface area (Å²) >= 11 is 0. The maximum absolute atomic E-state index is 16.6. The summed E-state index contributed by atoms with van der Waals surface area (Å²) < 4.78 is 22.7. The number of ether oxygens (including phenoxy) is 1. The molecule has 2 saturated heterocycles. The second-order valence-electron chi connectivity index (χ2n) is 11.9. The van der Waals surface area contributed by atoms with Crippen molar-refractivity contribution in [2.45, 2.75) is 51.1 Å². The molecule has 42 heavy (non-hydrogen) atoms. The van der Waals surface area contributed by atoms with Gasteiger partial charge in [-0.2, -0.15) is 15.2 Å². The summed E-state index contributed by atoms with van der Waals surface area (Å²) in [5, 5.41) is 10.1. The van der Waals surface area contributed by atoms with Crippen molar-refractivity contribution < 1.29 is 13.9 Å². The minimum Gasteiger partial charge on any atom is -0.462 e. The Labute approximate surface area is 246 Å². The Hall–Kier alpha value is -4.03. The molecule has 1 aromatic heterocycles. The zero-order chi connectivity index (χ0) is 29.4. The SMILES string of the molecule is C=CC(=O)N1CCN(c2nc(OC[C@@H]3CCCN3C)nc3c(F)c(-c4cccc5c4CC(C)C5)ccc23)C[C@@H]1CC#N. The summed E-state index contributed by atoms with van der Waals surface area (Å²) in [5.41, 5.74) is 4.15. The average molecular weight is 569 g/mol. The van der Waals surface area contributed by atoms with Crippen LogP contribution in [0.3, 0.4) is 0 Å². The van der Waals surface area contributed by atoms with Gasteiger partial charge in [0.1, 0.15) is 17.9 Å². The van der Waals surface area contributed by atoms with Gasteiger partial charge in [-0.1, -0.05) is 37.8 Å². The van der Waals surface area contributed by atoms with Gasteiger partial charge in [-0.25, -0.2) is 4.39 Å². The summed E-state index contributed by atoms with van der Waals surface area (Å²) in [7, 11) is 2.08. The van der Waals surface area contributed by atoms with Gasteiger partial charge in [0.2, 0.25) is 5.91 Å². The lowest BCUT2D eigenvalue weighted by Gasteiger charge is -2.41. The molecule has 0 N–H and O–H groups in total. The van der Waals surface area contributed by atoms with Gasteiger partial charge >= 0.3 is 6.01 Å². The van der Waals surface area contributed by atoms with E-state index in [-0.39, 0.29) is 41.8 Å². The number of fused-ring (bicyclic) bond motifs is 2. The summed E-state index contributed by atoms with van der Waals surface area (Å²) in [5.74, 6) is 0.495. The standard InChI is InChI=1S/C33H37FN6O2/c1-4-29(41)40-16-15-39(19-23(40)12-13-35)32-27-11-10-26(25-9-5-7-22-17-21(2)18-28(22)25)30(34)31(27)36-33(37-32)42-20-24-8-6-14-38(24)3/h4-5,7,9-11,21,23-24H,1,6,8,12,14-20H2,2-3H3/t21?,23-,24-/m0/s1. The predicted octanol–water partition coefficient (Wildman–Crippen LogP) is 4.76. The first-order chi connectivity index (χ1) is 20.4. The van der Waals surface area contributed by atoms with Crippen LogP contribution in [-0.4, -0.2) is 77.6 Å². The zero-order valence-electron chi connectivity index (χ0n) is 24.4. The largest absolute Gasteiger partial charge is 0.462 e. The molecule has 3 aromatic rings. The predicted molar refractivity (Wildman–Crippen MR) is 161 cm³/mol. The van der Waals surface area contributed by atoms with E-state index in [0.717, 1.165) is 37.8 Å². The van der Waals surface area contributed by atoms with Crippen LogP contribution in [0.15, 0.2) is 43.0 Å². The third-order valence-corrected chi connectivity index (χ3v) is 9.09. The van der Waals surface area contributed by atoms with Crippen LogP contribution >= 0.6 is 0 Å². The second kappa shape index (κ2) is 11.7. The van der Waals surface area contributed by atoms with Crippen LogP contribution < -0.4 is 9.64 Å². The molecule has 2 aromatic carbocycles. The number of carbonyl (C=O) groups excluding carboxylic acids is 1. The van der Waals surface area contributed by atoms with Crippen molar-refractivity contribution in [3.8, 4) is 23.2 Å². The number of likely N-dealkylation sites (tertiary alicyclic amines) is 1. The Morgan fingerprint density at radius 3 is 2.79 bits per heavy atom. The van der Waals surface area contributed by atoms with E-state index >= 15 is 4.39 Å². The lowest BCUT2D eigenvalue weighted by Crippen LogP contribution is -2.55. The zero-order valence-corrected chi connectivity index (χ0v) is 24.4. The van der Waals surface area contributed by atoms with Crippen molar-refractivity contribution in [3.63, 3.8) is 0 Å². The number of benzene rings is 2. The van der Waals surface area contributed by atoms with Crippen LogP contribution in [0, 0.1) is 23.1 Å². The van der Waals surface area contributed by atoms with Gasteiger partial charge in [0, 0.05) is 36.6 Å². The van der Waals surface area contributed by atoms with Crippen molar-refractivity contribution in [2.24, 2.45) is 5.92 Å². The average Bonchev–Trinajstić information content (AvgIpc) is 3.59. The maximum Gasteiger partial charge on any atom is 0.319 e. The van der Waals surface area contributed by atoms with E-state index in [0.29, 0.717) is 48.9 Å². The molecule has 0 saturated carbocycles. The Kier molecular flexibility index (Phi) is 7.82. The first-order valence-corrected chi connectivity index (χ1v) is 14.9. The van der Waals surface area contributed by atoms with Gasteiger partial charge in [-0.15, -0.1) is 0 Å². The third-order valence-electron chi connectivity index (χ3n) is 9.09. The van der Waals surface area contributed by atoms with Crippen LogP contribution in [0.4, 0.5) is 10.2 Å². The molecule has 218 valence electrons. The Morgan fingerprint density at radius 1 is 1.17 bits per heavy atom. The van der Waals surface area contributed by atoms with Crippen molar-refractivity contribution in [2.75, 3.05) is 44.7 Å². The smallest absolute Gasteiger partial charge is 0.319 e. The number of nitriles is 1. The van der Waals surface area contributed by atoms with Crippen LogP contribution in [0.25, 0.3) is 22.0 Å².